The Morgan fingerprint density at radius 1 is 1.15 bits per heavy atom. The first-order valence-electron chi connectivity index (χ1n) is 8.25. The largest absolute Gasteiger partial charge is 0.323 e. The van der Waals surface area contributed by atoms with Crippen molar-refractivity contribution in [3.63, 3.8) is 0 Å². The maximum absolute atomic E-state index is 12.4. The number of benzene rings is 2. The van der Waals surface area contributed by atoms with Gasteiger partial charge in [0.05, 0.1) is 29.4 Å². The lowest BCUT2D eigenvalue weighted by atomic mass is 10.1. The maximum atomic E-state index is 12.4. The number of carbonyl (C=O) groups excluding carboxylic acids is 1. The van der Waals surface area contributed by atoms with Crippen LogP contribution in [-0.4, -0.2) is 24.2 Å². The first-order chi connectivity index (χ1) is 13.1. The molecule has 0 aliphatic carbocycles. The first-order valence-corrected chi connectivity index (χ1v) is 8.98. The number of nitrogens with zero attached hydrogens (tertiary/aromatic N) is 4. The molecule has 0 aliphatic rings. The molecule has 4 aromatic rings. The average molecular weight is 377 g/mol. The molecule has 0 atom stereocenters. The van der Waals surface area contributed by atoms with Crippen LogP contribution in [0, 0.1) is 6.92 Å². The standard InChI is InChI=1S/C19H15N5O2S/c1-12-5-7-13(8-6-12)16-9-18(26)24(11-20-16)10-17(25)21-14-3-2-4-15-19(14)23-27-22-15/h2-9,11H,10H2,1H3,(H,21,25). The van der Waals surface area contributed by atoms with Gasteiger partial charge in [-0.2, -0.15) is 8.75 Å². The minimum Gasteiger partial charge on any atom is -0.323 e. The highest BCUT2D eigenvalue weighted by atomic mass is 32.1. The SMILES string of the molecule is Cc1ccc(-c2cc(=O)n(CC(=O)Nc3cccc4nsnc34)cn2)cc1. The molecule has 0 saturated carbocycles. The van der Waals surface area contributed by atoms with Gasteiger partial charge < -0.3 is 5.32 Å². The summed E-state index contributed by atoms with van der Waals surface area (Å²) in [6.45, 7) is 1.87. The van der Waals surface area contributed by atoms with Gasteiger partial charge in [-0.05, 0) is 19.1 Å². The molecule has 0 radical (unpaired) electrons. The number of amides is 1. The molecule has 0 spiro atoms. The predicted molar refractivity (Wildman–Crippen MR) is 105 cm³/mol. The van der Waals surface area contributed by atoms with Gasteiger partial charge in [-0.15, -0.1) is 0 Å². The number of aromatic nitrogens is 4. The van der Waals surface area contributed by atoms with Crippen LogP contribution in [0.15, 0.2) is 59.7 Å². The summed E-state index contributed by atoms with van der Waals surface area (Å²) < 4.78 is 9.60. The summed E-state index contributed by atoms with van der Waals surface area (Å²) in [5, 5.41) is 2.78. The third-order valence-electron chi connectivity index (χ3n) is 4.10. The van der Waals surface area contributed by atoms with Crippen LogP contribution in [0.3, 0.4) is 0 Å². The molecule has 134 valence electrons. The van der Waals surface area contributed by atoms with Crippen LogP contribution in [0.2, 0.25) is 0 Å². The highest BCUT2D eigenvalue weighted by Gasteiger charge is 2.11. The highest BCUT2D eigenvalue weighted by Crippen LogP contribution is 2.21. The van der Waals surface area contributed by atoms with Crippen LogP contribution in [0.25, 0.3) is 22.3 Å². The molecule has 2 aromatic heterocycles. The zero-order chi connectivity index (χ0) is 18.8. The molecular formula is C19H15N5O2S. The van der Waals surface area contributed by atoms with Crippen molar-refractivity contribution in [3.8, 4) is 11.3 Å². The molecule has 1 amide bonds. The third-order valence-corrected chi connectivity index (χ3v) is 4.64. The van der Waals surface area contributed by atoms with Crippen LogP contribution in [0.5, 0.6) is 0 Å². The highest BCUT2D eigenvalue weighted by molar-refractivity contribution is 7.00. The van der Waals surface area contributed by atoms with Crippen molar-refractivity contribution in [2.75, 3.05) is 5.32 Å². The van der Waals surface area contributed by atoms with Crippen LogP contribution in [0.4, 0.5) is 5.69 Å². The Hall–Kier alpha value is -3.39. The van der Waals surface area contributed by atoms with Gasteiger partial charge in [0.1, 0.15) is 17.6 Å². The molecule has 2 aromatic carbocycles. The Kier molecular flexibility index (Phi) is 4.47. The molecule has 0 aliphatic heterocycles. The summed E-state index contributed by atoms with van der Waals surface area (Å²) >= 11 is 1.08. The van der Waals surface area contributed by atoms with Crippen molar-refractivity contribution in [1.29, 1.82) is 0 Å². The lowest BCUT2D eigenvalue weighted by Gasteiger charge is -2.08. The Morgan fingerprint density at radius 3 is 2.74 bits per heavy atom. The number of aryl methyl sites for hydroxylation is 1. The van der Waals surface area contributed by atoms with E-state index in [1.54, 1.807) is 12.1 Å². The lowest BCUT2D eigenvalue weighted by molar-refractivity contribution is -0.116. The normalized spacial score (nSPS) is 10.9. The number of anilines is 1. The van der Waals surface area contributed by atoms with Crippen LogP contribution >= 0.6 is 11.7 Å². The molecule has 8 heteroatoms. The summed E-state index contributed by atoms with van der Waals surface area (Å²) in [5.74, 6) is -0.331. The summed E-state index contributed by atoms with van der Waals surface area (Å²) in [6.07, 6.45) is 1.39. The van der Waals surface area contributed by atoms with Crippen molar-refractivity contribution in [1.82, 2.24) is 18.3 Å². The minimum absolute atomic E-state index is 0.131. The molecule has 2 heterocycles. The molecule has 0 unspecified atom stereocenters. The van der Waals surface area contributed by atoms with E-state index in [0.29, 0.717) is 16.9 Å². The molecule has 0 saturated heterocycles. The second kappa shape index (κ2) is 7.08. The fourth-order valence-electron chi connectivity index (χ4n) is 2.68. The molecule has 4 rings (SSSR count). The van der Waals surface area contributed by atoms with E-state index < -0.39 is 0 Å². The van der Waals surface area contributed by atoms with Gasteiger partial charge in [-0.25, -0.2) is 4.98 Å². The predicted octanol–water partition coefficient (Wildman–Crippen LogP) is 2.86. The van der Waals surface area contributed by atoms with Crippen molar-refractivity contribution in [2.24, 2.45) is 0 Å². The maximum Gasteiger partial charge on any atom is 0.254 e. The molecule has 7 nitrogen and oxygen atoms in total. The number of nitrogens with one attached hydrogen (secondary N) is 1. The van der Waals surface area contributed by atoms with Crippen LogP contribution in [0.1, 0.15) is 5.56 Å². The van der Waals surface area contributed by atoms with E-state index in [1.807, 2.05) is 37.3 Å². The zero-order valence-corrected chi connectivity index (χ0v) is 15.2. The Morgan fingerprint density at radius 2 is 1.96 bits per heavy atom. The number of hydrogen-bond acceptors (Lipinski definition) is 6. The van der Waals surface area contributed by atoms with E-state index in [0.717, 1.165) is 28.4 Å². The number of carbonyl (C=O) groups is 1. The van der Waals surface area contributed by atoms with E-state index in [9.17, 15) is 9.59 Å². The first kappa shape index (κ1) is 17.0. The van der Waals surface area contributed by atoms with Crippen molar-refractivity contribution in [3.05, 3.63) is 70.8 Å². The second-order valence-corrected chi connectivity index (χ2v) is 6.62. The summed E-state index contributed by atoms with van der Waals surface area (Å²) in [4.78, 5) is 29.0. The van der Waals surface area contributed by atoms with Crippen molar-refractivity contribution < 1.29 is 4.79 Å². The zero-order valence-electron chi connectivity index (χ0n) is 14.4. The number of rotatable bonds is 4. The van der Waals surface area contributed by atoms with Gasteiger partial charge in [-0.1, -0.05) is 35.9 Å². The Balaban J connectivity index is 1.52. The quantitative estimate of drug-likeness (QED) is 0.591. The number of fused-ring (bicyclic) bond motifs is 1. The van der Waals surface area contributed by atoms with E-state index in [-0.39, 0.29) is 18.0 Å². The van der Waals surface area contributed by atoms with Crippen LogP contribution in [-0.2, 0) is 11.3 Å². The molecule has 27 heavy (non-hydrogen) atoms. The van der Waals surface area contributed by atoms with Gasteiger partial charge in [0.15, 0.2) is 0 Å². The molecule has 1 N–H and O–H groups in total. The number of hydrogen-bond donors (Lipinski definition) is 1. The molecule has 0 fully saturated rings. The molecular weight excluding hydrogens is 362 g/mol. The fraction of sp³-hybridized carbons (Fsp3) is 0.105. The smallest absolute Gasteiger partial charge is 0.254 e. The third kappa shape index (κ3) is 3.61. The van der Waals surface area contributed by atoms with Gasteiger partial charge in [0.25, 0.3) is 5.56 Å². The van der Waals surface area contributed by atoms with Gasteiger partial charge in [0, 0.05) is 11.6 Å². The second-order valence-electron chi connectivity index (χ2n) is 6.09. The fourth-order valence-corrected chi connectivity index (χ4v) is 3.23. The summed E-state index contributed by atoms with van der Waals surface area (Å²) in [5.41, 5.74) is 4.21. The Labute approximate surface area is 158 Å². The monoisotopic (exact) mass is 377 g/mol. The Bertz CT molecular complexity index is 1180. The summed E-state index contributed by atoms with van der Waals surface area (Å²) in [7, 11) is 0. The van der Waals surface area contributed by atoms with Gasteiger partial charge in [-0.3, -0.25) is 14.2 Å². The van der Waals surface area contributed by atoms with E-state index >= 15 is 0 Å². The van der Waals surface area contributed by atoms with E-state index in [1.165, 1.54) is 17.0 Å². The van der Waals surface area contributed by atoms with Crippen molar-refractivity contribution >= 4 is 34.4 Å². The summed E-state index contributed by atoms with van der Waals surface area (Å²) in [6, 6.07) is 14.6. The van der Waals surface area contributed by atoms with Gasteiger partial charge in [0.2, 0.25) is 5.91 Å². The molecule has 0 bridgehead atoms. The van der Waals surface area contributed by atoms with Gasteiger partial charge >= 0.3 is 0 Å². The van der Waals surface area contributed by atoms with E-state index in [2.05, 4.69) is 19.0 Å². The van der Waals surface area contributed by atoms with Crippen molar-refractivity contribution in [2.45, 2.75) is 13.5 Å². The average Bonchev–Trinajstić information content (AvgIpc) is 3.14. The van der Waals surface area contributed by atoms with E-state index in [4.69, 9.17) is 0 Å². The topological polar surface area (TPSA) is 89.8 Å². The van der Waals surface area contributed by atoms with Crippen LogP contribution < -0.4 is 10.9 Å². The minimum atomic E-state index is -0.331. The lowest BCUT2D eigenvalue weighted by Crippen LogP contribution is -2.27.